The predicted octanol–water partition coefficient (Wildman–Crippen LogP) is 0.145. The molecule has 1 aliphatic rings. The predicted molar refractivity (Wildman–Crippen MR) is 42.8 cm³/mol. The molecular weight excluding hydrogens is 160 g/mol. The zero-order valence-corrected chi connectivity index (χ0v) is 7.74. The van der Waals surface area contributed by atoms with Crippen LogP contribution in [0.15, 0.2) is 0 Å². The van der Waals surface area contributed by atoms with Gasteiger partial charge in [-0.25, -0.2) is 0 Å². The van der Waals surface area contributed by atoms with Gasteiger partial charge < -0.3 is 19.3 Å². The van der Waals surface area contributed by atoms with Crippen molar-refractivity contribution in [2.45, 2.75) is 31.3 Å². The van der Waals surface area contributed by atoms with Gasteiger partial charge >= 0.3 is 0 Å². The Labute approximate surface area is 72.4 Å². The summed E-state index contributed by atoms with van der Waals surface area (Å²) in [5, 5.41) is 9.85. The van der Waals surface area contributed by atoms with Crippen molar-refractivity contribution in [3.8, 4) is 0 Å². The second-order valence-electron chi connectivity index (χ2n) is 3.17. The van der Waals surface area contributed by atoms with E-state index >= 15 is 0 Å². The molecule has 4 nitrogen and oxygen atoms in total. The molecule has 1 rings (SSSR count). The summed E-state index contributed by atoms with van der Waals surface area (Å²) in [4.78, 5) is 0. The maximum Gasteiger partial charge on any atom is 0.216 e. The van der Waals surface area contributed by atoms with Crippen molar-refractivity contribution >= 4 is 0 Å². The summed E-state index contributed by atoms with van der Waals surface area (Å²) in [6, 6.07) is 0. The van der Waals surface area contributed by atoms with Crippen molar-refractivity contribution in [2.75, 3.05) is 20.8 Å². The summed E-state index contributed by atoms with van der Waals surface area (Å²) in [6.07, 6.45) is 0.443. The Bertz CT molecular complexity index is 150. The van der Waals surface area contributed by atoms with Crippen molar-refractivity contribution in [2.24, 2.45) is 0 Å². The van der Waals surface area contributed by atoms with Crippen LogP contribution < -0.4 is 0 Å². The molecule has 0 saturated carbocycles. The molecule has 3 atom stereocenters. The summed E-state index contributed by atoms with van der Waals surface area (Å²) >= 11 is 0. The molecule has 0 bridgehead atoms. The first-order chi connectivity index (χ1) is 5.62. The SMILES string of the molecule is COCC1(O)OC(C)C[C@H]1OC. The van der Waals surface area contributed by atoms with Crippen LogP contribution in [0.4, 0.5) is 0 Å². The first-order valence-electron chi connectivity index (χ1n) is 4.04. The first-order valence-corrected chi connectivity index (χ1v) is 4.04. The molecule has 2 unspecified atom stereocenters. The van der Waals surface area contributed by atoms with Gasteiger partial charge in [0, 0.05) is 20.6 Å². The fraction of sp³-hybridized carbons (Fsp3) is 1.00. The lowest BCUT2D eigenvalue weighted by Gasteiger charge is -2.26. The summed E-state index contributed by atoms with van der Waals surface area (Å²) in [5.41, 5.74) is 0. The zero-order chi connectivity index (χ0) is 9.19. The van der Waals surface area contributed by atoms with Gasteiger partial charge in [-0.1, -0.05) is 0 Å². The first kappa shape index (κ1) is 9.92. The van der Waals surface area contributed by atoms with Crippen LogP contribution >= 0.6 is 0 Å². The van der Waals surface area contributed by atoms with E-state index in [1.54, 1.807) is 7.11 Å². The molecule has 0 amide bonds. The summed E-state index contributed by atoms with van der Waals surface area (Å²) in [5.74, 6) is -1.26. The van der Waals surface area contributed by atoms with E-state index < -0.39 is 5.79 Å². The number of rotatable bonds is 3. The van der Waals surface area contributed by atoms with E-state index in [-0.39, 0.29) is 18.8 Å². The average molecular weight is 176 g/mol. The molecule has 12 heavy (non-hydrogen) atoms. The summed E-state index contributed by atoms with van der Waals surface area (Å²) in [6.45, 7) is 2.05. The van der Waals surface area contributed by atoms with Crippen LogP contribution in [0, 0.1) is 0 Å². The topological polar surface area (TPSA) is 47.9 Å². The van der Waals surface area contributed by atoms with Crippen molar-refractivity contribution in [1.29, 1.82) is 0 Å². The van der Waals surface area contributed by atoms with Crippen molar-refractivity contribution < 1.29 is 19.3 Å². The second kappa shape index (κ2) is 3.70. The molecule has 72 valence electrons. The van der Waals surface area contributed by atoms with Gasteiger partial charge in [0.25, 0.3) is 0 Å². The van der Waals surface area contributed by atoms with Gasteiger partial charge in [0.15, 0.2) is 0 Å². The van der Waals surface area contributed by atoms with E-state index in [0.717, 1.165) is 0 Å². The van der Waals surface area contributed by atoms with Crippen LogP contribution in [0.5, 0.6) is 0 Å². The quantitative estimate of drug-likeness (QED) is 0.664. The standard InChI is InChI=1S/C8H16O4/c1-6-4-7(11-3)8(9,12-6)5-10-2/h6-7,9H,4-5H2,1-3H3/t6?,7-,8?/m1/s1. The number of aliphatic hydroxyl groups is 1. The highest BCUT2D eigenvalue weighted by atomic mass is 16.7. The van der Waals surface area contributed by atoms with E-state index in [2.05, 4.69) is 0 Å². The molecule has 0 aromatic carbocycles. The van der Waals surface area contributed by atoms with Gasteiger partial charge in [0.2, 0.25) is 5.79 Å². The van der Waals surface area contributed by atoms with Gasteiger partial charge in [-0.3, -0.25) is 0 Å². The lowest BCUT2D eigenvalue weighted by atomic mass is 10.1. The van der Waals surface area contributed by atoms with E-state index in [1.807, 2.05) is 6.92 Å². The monoisotopic (exact) mass is 176 g/mol. The highest BCUT2D eigenvalue weighted by Crippen LogP contribution is 2.30. The summed E-state index contributed by atoms with van der Waals surface area (Å²) < 4.78 is 15.2. The largest absolute Gasteiger partial charge is 0.379 e. The van der Waals surface area contributed by atoms with Crippen LogP contribution in [0.2, 0.25) is 0 Å². The van der Waals surface area contributed by atoms with Crippen LogP contribution in [-0.4, -0.2) is 43.9 Å². The Morgan fingerprint density at radius 1 is 1.58 bits per heavy atom. The second-order valence-corrected chi connectivity index (χ2v) is 3.17. The number of ether oxygens (including phenoxy) is 3. The van der Waals surface area contributed by atoms with Crippen LogP contribution in [0.1, 0.15) is 13.3 Å². The van der Waals surface area contributed by atoms with E-state index in [1.165, 1.54) is 7.11 Å². The van der Waals surface area contributed by atoms with Gasteiger partial charge in [-0.05, 0) is 6.92 Å². The van der Waals surface area contributed by atoms with Gasteiger partial charge in [-0.15, -0.1) is 0 Å². The fourth-order valence-electron chi connectivity index (χ4n) is 1.57. The normalized spacial score (nSPS) is 42.0. The third kappa shape index (κ3) is 1.77. The Balaban J connectivity index is 2.60. The van der Waals surface area contributed by atoms with Crippen molar-refractivity contribution in [3.05, 3.63) is 0 Å². The Morgan fingerprint density at radius 2 is 2.25 bits per heavy atom. The van der Waals surface area contributed by atoms with Crippen LogP contribution in [-0.2, 0) is 14.2 Å². The molecule has 4 heteroatoms. The maximum atomic E-state index is 9.85. The fourth-order valence-corrected chi connectivity index (χ4v) is 1.57. The Kier molecular flexibility index (Phi) is 3.06. The molecule has 1 fully saturated rings. The Morgan fingerprint density at radius 3 is 2.75 bits per heavy atom. The molecule has 0 aromatic heterocycles. The molecular formula is C8H16O4. The molecule has 1 N–H and O–H groups in total. The van der Waals surface area contributed by atoms with E-state index in [9.17, 15) is 5.11 Å². The molecule has 1 heterocycles. The van der Waals surface area contributed by atoms with Crippen molar-refractivity contribution in [3.63, 3.8) is 0 Å². The minimum absolute atomic E-state index is 0.0232. The average Bonchev–Trinajstić information content (AvgIpc) is 2.26. The third-order valence-electron chi connectivity index (χ3n) is 2.09. The molecule has 0 radical (unpaired) electrons. The number of methoxy groups -OCH3 is 2. The van der Waals surface area contributed by atoms with Gasteiger partial charge in [0.1, 0.15) is 12.7 Å². The Hall–Kier alpha value is -0.160. The zero-order valence-electron chi connectivity index (χ0n) is 7.74. The number of hydrogen-bond donors (Lipinski definition) is 1. The van der Waals surface area contributed by atoms with E-state index in [4.69, 9.17) is 14.2 Å². The minimum Gasteiger partial charge on any atom is -0.379 e. The summed E-state index contributed by atoms with van der Waals surface area (Å²) in [7, 11) is 3.09. The lowest BCUT2D eigenvalue weighted by molar-refractivity contribution is -0.251. The smallest absolute Gasteiger partial charge is 0.216 e. The highest BCUT2D eigenvalue weighted by molar-refractivity contribution is 4.87. The van der Waals surface area contributed by atoms with Crippen molar-refractivity contribution in [1.82, 2.24) is 0 Å². The lowest BCUT2D eigenvalue weighted by Crippen LogP contribution is -2.44. The molecule has 1 aliphatic heterocycles. The van der Waals surface area contributed by atoms with Gasteiger partial charge in [0.05, 0.1) is 6.10 Å². The minimum atomic E-state index is -1.26. The van der Waals surface area contributed by atoms with E-state index in [0.29, 0.717) is 6.42 Å². The molecule has 1 saturated heterocycles. The third-order valence-corrected chi connectivity index (χ3v) is 2.09. The maximum absolute atomic E-state index is 9.85. The molecule has 0 aromatic rings. The molecule has 0 aliphatic carbocycles. The van der Waals surface area contributed by atoms with Crippen LogP contribution in [0.25, 0.3) is 0 Å². The van der Waals surface area contributed by atoms with Gasteiger partial charge in [-0.2, -0.15) is 0 Å². The number of hydrogen-bond acceptors (Lipinski definition) is 4. The van der Waals surface area contributed by atoms with Crippen LogP contribution in [0.3, 0.4) is 0 Å². The molecule has 0 spiro atoms. The highest BCUT2D eigenvalue weighted by Gasteiger charge is 2.46.